The van der Waals surface area contributed by atoms with E-state index in [0.717, 1.165) is 55.3 Å². The van der Waals surface area contributed by atoms with Gasteiger partial charge in [0.25, 0.3) is 5.56 Å². The molecule has 0 amide bonds. The quantitative estimate of drug-likeness (QED) is 0.799. The van der Waals surface area contributed by atoms with Crippen molar-refractivity contribution in [2.45, 2.75) is 64.4 Å². The van der Waals surface area contributed by atoms with E-state index < -0.39 is 0 Å². The number of carbonyl (C=O) groups excluding carboxylic acids is 2. The Balaban J connectivity index is 1.30. The molecule has 3 atom stereocenters. The number of nitrogens with zero attached hydrogens (tertiary/aromatic N) is 1. The molecular formula is C21H24N2O4S. The number of ether oxygens (including phenoxy) is 1. The van der Waals surface area contributed by atoms with Gasteiger partial charge in [-0.1, -0.05) is 6.42 Å². The van der Waals surface area contributed by atoms with Crippen LogP contribution in [0, 0.1) is 17.8 Å². The maximum atomic E-state index is 12.6. The summed E-state index contributed by atoms with van der Waals surface area (Å²) in [5.41, 5.74) is 1.02. The number of ketones is 1. The topological polar surface area (TPSA) is 89.1 Å². The van der Waals surface area contributed by atoms with Crippen LogP contribution >= 0.6 is 11.3 Å². The molecular weight excluding hydrogens is 376 g/mol. The van der Waals surface area contributed by atoms with Gasteiger partial charge in [-0.2, -0.15) is 0 Å². The molecule has 2 bridgehead atoms. The van der Waals surface area contributed by atoms with E-state index in [-0.39, 0.29) is 35.9 Å². The minimum atomic E-state index is -0.266. The average Bonchev–Trinajstić information content (AvgIpc) is 3.04. The van der Waals surface area contributed by atoms with E-state index in [0.29, 0.717) is 29.8 Å². The van der Waals surface area contributed by atoms with Crippen LogP contribution in [0.25, 0.3) is 10.2 Å². The normalized spacial score (nSPS) is 26.9. The van der Waals surface area contributed by atoms with Crippen LogP contribution < -0.4 is 5.56 Å². The van der Waals surface area contributed by atoms with Crippen molar-refractivity contribution in [3.05, 3.63) is 26.6 Å². The second-order valence-electron chi connectivity index (χ2n) is 8.41. The zero-order valence-electron chi connectivity index (χ0n) is 15.8. The molecule has 2 aromatic rings. The molecule has 5 rings (SSSR count). The van der Waals surface area contributed by atoms with Crippen molar-refractivity contribution >= 4 is 33.3 Å². The molecule has 0 radical (unpaired) electrons. The van der Waals surface area contributed by atoms with Gasteiger partial charge in [0.2, 0.25) is 0 Å². The fourth-order valence-electron chi connectivity index (χ4n) is 5.21. The number of carbonyl (C=O) groups is 2. The van der Waals surface area contributed by atoms with Gasteiger partial charge in [0.1, 0.15) is 23.0 Å². The lowest BCUT2D eigenvalue weighted by Gasteiger charge is -2.36. The highest BCUT2D eigenvalue weighted by Gasteiger charge is 2.41. The number of esters is 1. The van der Waals surface area contributed by atoms with Crippen LogP contribution in [0.5, 0.6) is 0 Å². The highest BCUT2D eigenvalue weighted by molar-refractivity contribution is 7.18. The predicted octanol–water partition coefficient (Wildman–Crippen LogP) is 3.30. The van der Waals surface area contributed by atoms with E-state index in [4.69, 9.17) is 4.74 Å². The smallest absolute Gasteiger partial charge is 0.309 e. The Hall–Kier alpha value is -2.02. The molecule has 0 spiro atoms. The Labute approximate surface area is 166 Å². The Bertz CT molecular complexity index is 992. The number of Topliss-reactive ketones (excluding diaryl/α,β-unsaturated/α-hetero) is 1. The van der Waals surface area contributed by atoms with Crippen LogP contribution in [0.15, 0.2) is 4.79 Å². The Morgan fingerprint density at radius 1 is 1.11 bits per heavy atom. The van der Waals surface area contributed by atoms with Crippen molar-refractivity contribution < 1.29 is 14.3 Å². The Morgan fingerprint density at radius 2 is 1.86 bits per heavy atom. The lowest BCUT2D eigenvalue weighted by atomic mass is 9.67. The average molecular weight is 401 g/mol. The van der Waals surface area contributed by atoms with Crippen LogP contribution in [0.4, 0.5) is 0 Å². The summed E-state index contributed by atoms with van der Waals surface area (Å²) in [5, 5.41) is 0.716. The van der Waals surface area contributed by atoms with E-state index >= 15 is 0 Å². The Morgan fingerprint density at radius 3 is 2.64 bits per heavy atom. The highest BCUT2D eigenvalue weighted by Crippen LogP contribution is 2.40. The molecule has 2 heterocycles. The summed E-state index contributed by atoms with van der Waals surface area (Å²) < 4.78 is 5.50. The van der Waals surface area contributed by atoms with E-state index in [1.54, 1.807) is 11.3 Å². The van der Waals surface area contributed by atoms with E-state index in [1.807, 2.05) is 0 Å². The number of rotatable bonds is 3. The van der Waals surface area contributed by atoms with E-state index in [2.05, 4.69) is 9.97 Å². The van der Waals surface area contributed by atoms with Crippen molar-refractivity contribution in [1.29, 1.82) is 0 Å². The summed E-state index contributed by atoms with van der Waals surface area (Å²) in [6.45, 7) is -0.0215. The van der Waals surface area contributed by atoms with E-state index in [1.165, 1.54) is 4.88 Å². The number of thiophene rings is 1. The molecule has 0 aliphatic heterocycles. The zero-order valence-corrected chi connectivity index (χ0v) is 16.6. The minimum absolute atomic E-state index is 0.0215. The van der Waals surface area contributed by atoms with Gasteiger partial charge >= 0.3 is 5.97 Å². The van der Waals surface area contributed by atoms with E-state index in [9.17, 15) is 14.4 Å². The summed E-state index contributed by atoms with van der Waals surface area (Å²) in [6.07, 6.45) is 8.32. The monoisotopic (exact) mass is 400 g/mol. The SMILES string of the molecule is O=C(OCc1nc2sc3c(c2c(=O)[nH]1)CCCC3)C1C[C@H]2CCC[C@@H](C1)C2=O. The first-order valence-corrected chi connectivity index (χ1v) is 11.2. The molecule has 0 saturated heterocycles. The fraction of sp³-hybridized carbons (Fsp3) is 0.619. The third kappa shape index (κ3) is 3.09. The third-order valence-corrected chi connectivity index (χ3v) is 7.79. The first-order chi connectivity index (χ1) is 13.6. The van der Waals surface area contributed by atoms with Crippen molar-refractivity contribution in [1.82, 2.24) is 9.97 Å². The number of fused-ring (bicyclic) bond motifs is 5. The molecule has 148 valence electrons. The number of aromatic amines is 1. The van der Waals surface area contributed by atoms with Gasteiger partial charge in [-0.05, 0) is 56.9 Å². The summed E-state index contributed by atoms with van der Waals surface area (Å²) in [6, 6.07) is 0. The van der Waals surface area contributed by atoms with Gasteiger partial charge in [-0.3, -0.25) is 14.4 Å². The maximum Gasteiger partial charge on any atom is 0.309 e. The standard InChI is InChI=1S/C21H24N2O4S/c24-18-11-4-3-5-12(18)9-13(8-11)21(26)27-10-16-22-19(25)17-14-6-1-2-7-15(14)28-20(17)23-16/h11-13H,1-10H2,(H,22,23,25)/t11-,12+,13?. The Kier molecular flexibility index (Phi) is 4.57. The van der Waals surface area contributed by atoms with Gasteiger partial charge in [0, 0.05) is 16.7 Å². The molecule has 1 unspecified atom stereocenters. The molecule has 6 nitrogen and oxygen atoms in total. The molecule has 0 aromatic carbocycles. The first kappa shape index (κ1) is 18.0. The number of H-pyrrole nitrogens is 1. The van der Waals surface area contributed by atoms with Gasteiger partial charge in [0.05, 0.1) is 11.3 Å². The second-order valence-corrected chi connectivity index (χ2v) is 9.49. The fourth-order valence-corrected chi connectivity index (χ4v) is 6.49. The molecule has 3 aliphatic carbocycles. The molecule has 2 saturated carbocycles. The van der Waals surface area contributed by atoms with Crippen molar-refractivity contribution in [2.75, 3.05) is 0 Å². The highest BCUT2D eigenvalue weighted by atomic mass is 32.1. The number of aromatic nitrogens is 2. The largest absolute Gasteiger partial charge is 0.457 e. The van der Waals surface area contributed by atoms with Gasteiger partial charge in [-0.15, -0.1) is 11.3 Å². The number of hydrogen-bond donors (Lipinski definition) is 1. The van der Waals surface area contributed by atoms with Crippen LogP contribution in [0.3, 0.4) is 0 Å². The van der Waals surface area contributed by atoms with Crippen LogP contribution in [0.1, 0.15) is 61.2 Å². The lowest BCUT2D eigenvalue weighted by molar-refractivity contribution is -0.155. The molecule has 28 heavy (non-hydrogen) atoms. The van der Waals surface area contributed by atoms with Crippen LogP contribution in [-0.4, -0.2) is 21.7 Å². The predicted molar refractivity (Wildman–Crippen MR) is 105 cm³/mol. The summed E-state index contributed by atoms with van der Waals surface area (Å²) in [5.74, 6) is 0.314. The van der Waals surface area contributed by atoms with Gasteiger partial charge < -0.3 is 9.72 Å². The molecule has 2 fully saturated rings. The van der Waals surface area contributed by atoms with Crippen LogP contribution in [-0.2, 0) is 33.8 Å². The second kappa shape index (κ2) is 7.10. The van der Waals surface area contributed by atoms with Crippen LogP contribution in [0.2, 0.25) is 0 Å². The molecule has 1 N–H and O–H groups in total. The minimum Gasteiger partial charge on any atom is -0.457 e. The summed E-state index contributed by atoms with van der Waals surface area (Å²) >= 11 is 1.59. The maximum absolute atomic E-state index is 12.6. The summed E-state index contributed by atoms with van der Waals surface area (Å²) in [7, 11) is 0. The molecule has 2 aromatic heterocycles. The molecule has 3 aliphatic rings. The van der Waals surface area contributed by atoms with Crippen molar-refractivity contribution in [2.24, 2.45) is 17.8 Å². The van der Waals surface area contributed by atoms with Gasteiger partial charge in [0.15, 0.2) is 0 Å². The zero-order chi connectivity index (χ0) is 19.3. The summed E-state index contributed by atoms with van der Waals surface area (Å²) in [4.78, 5) is 46.7. The third-order valence-electron chi connectivity index (χ3n) is 6.61. The first-order valence-electron chi connectivity index (χ1n) is 10.3. The van der Waals surface area contributed by atoms with Crippen molar-refractivity contribution in [3.8, 4) is 0 Å². The lowest BCUT2D eigenvalue weighted by Crippen LogP contribution is -2.39. The number of nitrogens with one attached hydrogen (secondary N) is 1. The van der Waals surface area contributed by atoms with Gasteiger partial charge in [-0.25, -0.2) is 4.98 Å². The van der Waals surface area contributed by atoms with Crippen molar-refractivity contribution in [3.63, 3.8) is 0 Å². The number of aryl methyl sites for hydroxylation is 2. The number of hydrogen-bond acceptors (Lipinski definition) is 6. The molecule has 7 heteroatoms.